The standard InChI is InChI=1S/C20H23F2N3O2S/c1-12(2)9-13(3)18-16(22)7-8-17-19(18)24-20(25-28(17,26)27)23-11-14-5-4-6-15(21)10-14/h4-8,10,12-13H,9,11H2,1-3H3,(H2,23,24,25)/t13-/m0/s1. The smallest absolute Gasteiger partial charge is 0.266 e. The quantitative estimate of drug-likeness (QED) is 0.773. The maximum absolute atomic E-state index is 14.6. The van der Waals surface area contributed by atoms with Crippen LogP contribution in [0, 0.1) is 17.6 Å². The first-order chi connectivity index (χ1) is 13.2. The van der Waals surface area contributed by atoms with Gasteiger partial charge >= 0.3 is 0 Å². The van der Waals surface area contributed by atoms with Gasteiger partial charge in [0.05, 0.1) is 12.2 Å². The molecule has 2 aromatic carbocycles. The second-order valence-corrected chi connectivity index (χ2v) is 9.04. The highest BCUT2D eigenvalue weighted by molar-refractivity contribution is 7.90. The molecule has 5 nitrogen and oxygen atoms in total. The van der Waals surface area contributed by atoms with E-state index in [1.54, 1.807) is 12.1 Å². The molecule has 28 heavy (non-hydrogen) atoms. The summed E-state index contributed by atoms with van der Waals surface area (Å²) in [5.74, 6) is -0.724. The Morgan fingerprint density at radius 1 is 1.11 bits per heavy atom. The van der Waals surface area contributed by atoms with Crippen molar-refractivity contribution in [2.24, 2.45) is 10.9 Å². The molecule has 0 unspecified atom stereocenters. The van der Waals surface area contributed by atoms with Gasteiger partial charge in [-0.15, -0.1) is 0 Å². The zero-order chi connectivity index (χ0) is 20.5. The summed E-state index contributed by atoms with van der Waals surface area (Å²) in [4.78, 5) is 4.20. The number of benzene rings is 2. The fourth-order valence-electron chi connectivity index (χ4n) is 3.44. The third kappa shape index (κ3) is 4.32. The fraction of sp³-hybridized carbons (Fsp3) is 0.350. The van der Waals surface area contributed by atoms with Crippen LogP contribution < -0.4 is 10.0 Å². The second-order valence-electron chi connectivity index (χ2n) is 7.39. The van der Waals surface area contributed by atoms with E-state index in [4.69, 9.17) is 0 Å². The van der Waals surface area contributed by atoms with Crippen LogP contribution >= 0.6 is 0 Å². The molecule has 1 aliphatic rings. The molecule has 150 valence electrons. The summed E-state index contributed by atoms with van der Waals surface area (Å²) in [7, 11) is -3.89. The van der Waals surface area contributed by atoms with E-state index in [9.17, 15) is 17.2 Å². The van der Waals surface area contributed by atoms with Crippen LogP contribution in [-0.4, -0.2) is 14.4 Å². The molecule has 0 aliphatic carbocycles. The molecule has 0 fully saturated rings. The van der Waals surface area contributed by atoms with Crippen molar-refractivity contribution in [2.45, 2.75) is 44.6 Å². The van der Waals surface area contributed by atoms with E-state index in [0.29, 0.717) is 23.5 Å². The first-order valence-corrected chi connectivity index (χ1v) is 10.6. The highest BCUT2D eigenvalue weighted by Gasteiger charge is 2.31. The summed E-state index contributed by atoms with van der Waals surface area (Å²) in [5, 5.41) is 2.93. The number of anilines is 1. The van der Waals surface area contributed by atoms with Crippen molar-refractivity contribution in [2.75, 3.05) is 5.32 Å². The van der Waals surface area contributed by atoms with Gasteiger partial charge < -0.3 is 5.32 Å². The monoisotopic (exact) mass is 407 g/mol. The van der Waals surface area contributed by atoms with Gasteiger partial charge in [-0.05, 0) is 48.1 Å². The number of rotatable bonds is 5. The number of nitrogens with zero attached hydrogens (tertiary/aromatic N) is 1. The predicted molar refractivity (Wildman–Crippen MR) is 106 cm³/mol. The van der Waals surface area contributed by atoms with Crippen LogP contribution in [0.15, 0.2) is 46.3 Å². The lowest BCUT2D eigenvalue weighted by Crippen LogP contribution is -2.41. The summed E-state index contributed by atoms with van der Waals surface area (Å²) < 4.78 is 55.6. The number of aliphatic imine (C=N–C) groups is 1. The van der Waals surface area contributed by atoms with Crippen LogP contribution in [0.3, 0.4) is 0 Å². The van der Waals surface area contributed by atoms with Gasteiger partial charge in [0, 0.05) is 5.56 Å². The number of halogens is 2. The molecule has 1 heterocycles. The molecule has 2 aromatic rings. The zero-order valence-electron chi connectivity index (χ0n) is 16.0. The number of hydrogen-bond acceptors (Lipinski definition) is 3. The van der Waals surface area contributed by atoms with Gasteiger partial charge in [0.25, 0.3) is 10.0 Å². The lowest BCUT2D eigenvalue weighted by atomic mass is 9.90. The summed E-state index contributed by atoms with van der Waals surface area (Å²) in [5.41, 5.74) is 1.13. The van der Waals surface area contributed by atoms with E-state index in [1.165, 1.54) is 24.3 Å². The van der Waals surface area contributed by atoms with Gasteiger partial charge in [0.1, 0.15) is 16.5 Å². The molecule has 3 rings (SSSR count). The number of nitrogens with one attached hydrogen (secondary N) is 2. The Labute approximate surface area is 163 Å². The SMILES string of the molecule is CC(C)C[C@H](C)c1c(F)ccc2c1NC(=NCc1cccc(F)c1)NS2(=O)=O. The lowest BCUT2D eigenvalue weighted by molar-refractivity contribution is 0.501. The van der Waals surface area contributed by atoms with Gasteiger partial charge in [-0.3, -0.25) is 0 Å². The summed E-state index contributed by atoms with van der Waals surface area (Å²) in [6.45, 7) is 6.01. The first-order valence-electron chi connectivity index (χ1n) is 9.08. The van der Waals surface area contributed by atoms with Crippen molar-refractivity contribution in [1.82, 2.24) is 4.72 Å². The Bertz CT molecular complexity index is 1020. The average molecular weight is 407 g/mol. The van der Waals surface area contributed by atoms with Crippen LogP contribution in [0.4, 0.5) is 14.5 Å². The number of hydrogen-bond donors (Lipinski definition) is 2. The van der Waals surface area contributed by atoms with Crippen LogP contribution in [0.5, 0.6) is 0 Å². The average Bonchev–Trinajstić information content (AvgIpc) is 2.58. The van der Waals surface area contributed by atoms with Crippen LogP contribution in [0.2, 0.25) is 0 Å². The van der Waals surface area contributed by atoms with E-state index in [0.717, 1.165) is 0 Å². The molecule has 0 amide bonds. The molecule has 0 spiro atoms. The molecular formula is C20H23F2N3O2S. The Balaban J connectivity index is 1.99. The Kier molecular flexibility index (Phi) is 5.69. The van der Waals surface area contributed by atoms with Gasteiger partial charge in [0.15, 0.2) is 0 Å². The molecule has 2 N–H and O–H groups in total. The molecule has 1 aliphatic heterocycles. The molecule has 1 atom stereocenters. The summed E-state index contributed by atoms with van der Waals surface area (Å²) in [6, 6.07) is 8.31. The first kappa shape index (κ1) is 20.3. The second kappa shape index (κ2) is 7.87. The topological polar surface area (TPSA) is 70.6 Å². The van der Waals surface area contributed by atoms with Crippen LogP contribution in [-0.2, 0) is 16.6 Å². The minimum absolute atomic E-state index is 0.00999. The minimum atomic E-state index is -3.89. The van der Waals surface area contributed by atoms with E-state index in [1.807, 2.05) is 20.8 Å². The molecular weight excluding hydrogens is 384 g/mol. The van der Waals surface area contributed by atoms with Gasteiger partial charge in [-0.1, -0.05) is 32.9 Å². The maximum Gasteiger partial charge on any atom is 0.266 e. The lowest BCUT2D eigenvalue weighted by Gasteiger charge is -2.27. The van der Waals surface area contributed by atoms with Crippen molar-refractivity contribution in [3.63, 3.8) is 0 Å². The minimum Gasteiger partial charge on any atom is -0.324 e. The van der Waals surface area contributed by atoms with E-state index in [2.05, 4.69) is 15.0 Å². The van der Waals surface area contributed by atoms with Crippen molar-refractivity contribution in [3.8, 4) is 0 Å². The van der Waals surface area contributed by atoms with E-state index < -0.39 is 21.7 Å². The molecule has 0 radical (unpaired) electrons. The molecule has 0 saturated carbocycles. The molecule has 0 saturated heterocycles. The van der Waals surface area contributed by atoms with Crippen LogP contribution in [0.1, 0.15) is 44.2 Å². The number of guanidine groups is 1. The molecule has 0 aromatic heterocycles. The fourth-order valence-corrected chi connectivity index (χ4v) is 4.59. The largest absolute Gasteiger partial charge is 0.324 e. The molecule has 8 heteroatoms. The zero-order valence-corrected chi connectivity index (χ0v) is 16.8. The summed E-state index contributed by atoms with van der Waals surface area (Å²) in [6.07, 6.45) is 0.707. The summed E-state index contributed by atoms with van der Waals surface area (Å²) >= 11 is 0. The number of fused-ring (bicyclic) bond motifs is 1. The third-order valence-corrected chi connectivity index (χ3v) is 5.93. The third-order valence-electron chi connectivity index (χ3n) is 4.54. The van der Waals surface area contributed by atoms with Crippen molar-refractivity contribution in [3.05, 3.63) is 59.2 Å². The van der Waals surface area contributed by atoms with E-state index >= 15 is 0 Å². The van der Waals surface area contributed by atoms with Crippen LogP contribution in [0.25, 0.3) is 0 Å². The Morgan fingerprint density at radius 2 is 1.86 bits per heavy atom. The molecule has 0 bridgehead atoms. The van der Waals surface area contributed by atoms with Crippen molar-refractivity contribution < 1.29 is 17.2 Å². The highest BCUT2D eigenvalue weighted by atomic mass is 32.2. The highest BCUT2D eigenvalue weighted by Crippen LogP contribution is 2.37. The Hall–Kier alpha value is -2.48. The normalized spacial score (nSPS) is 17.7. The van der Waals surface area contributed by atoms with Crippen molar-refractivity contribution in [1.29, 1.82) is 0 Å². The van der Waals surface area contributed by atoms with Gasteiger partial charge in [0.2, 0.25) is 5.96 Å². The van der Waals surface area contributed by atoms with Gasteiger partial charge in [-0.2, -0.15) is 0 Å². The maximum atomic E-state index is 14.6. The van der Waals surface area contributed by atoms with E-state index in [-0.39, 0.29) is 29.0 Å². The van der Waals surface area contributed by atoms with Crippen molar-refractivity contribution >= 4 is 21.7 Å². The number of sulfonamides is 1. The van der Waals surface area contributed by atoms with Gasteiger partial charge in [-0.25, -0.2) is 26.9 Å². The predicted octanol–water partition coefficient (Wildman–Crippen LogP) is 4.37. The Morgan fingerprint density at radius 3 is 2.54 bits per heavy atom.